The van der Waals surface area contributed by atoms with Crippen molar-refractivity contribution >= 4 is 0 Å². The first-order valence-electron chi connectivity index (χ1n) is 5.77. The molecule has 0 fully saturated rings. The quantitative estimate of drug-likeness (QED) is 0.868. The summed E-state index contributed by atoms with van der Waals surface area (Å²) in [7, 11) is 1.59. The van der Waals surface area contributed by atoms with Gasteiger partial charge in [0, 0.05) is 0 Å². The van der Waals surface area contributed by atoms with Crippen molar-refractivity contribution in [3.63, 3.8) is 0 Å². The van der Waals surface area contributed by atoms with Crippen LogP contribution in [0.5, 0.6) is 5.75 Å². The summed E-state index contributed by atoms with van der Waals surface area (Å²) < 4.78 is 5.05. The summed E-state index contributed by atoms with van der Waals surface area (Å²) >= 11 is 0. The highest BCUT2D eigenvalue weighted by atomic mass is 16.5. The van der Waals surface area contributed by atoms with Gasteiger partial charge in [0.15, 0.2) is 0 Å². The van der Waals surface area contributed by atoms with Crippen molar-refractivity contribution in [2.24, 2.45) is 0 Å². The van der Waals surface area contributed by atoms with E-state index in [1.54, 1.807) is 43.5 Å². The molecule has 0 radical (unpaired) electrons. The van der Waals surface area contributed by atoms with Crippen LogP contribution < -0.4 is 4.74 Å². The number of hydrogen-bond acceptors (Lipinski definition) is 3. The summed E-state index contributed by atoms with van der Waals surface area (Å²) in [6.07, 6.45) is -1.88. The van der Waals surface area contributed by atoms with Gasteiger partial charge in [-0.25, -0.2) is 0 Å². The molecule has 0 aromatic heterocycles. The standard InChI is InChI=1S/C15H16O3/c1-18-13-9-7-12(8-10-13)15(17)14(16)11-5-3-2-4-6-11/h2-10,14-17H,1H3/t14-,15?/m1/s1. The fourth-order valence-corrected chi connectivity index (χ4v) is 1.82. The third-order valence-electron chi connectivity index (χ3n) is 2.90. The van der Waals surface area contributed by atoms with Gasteiger partial charge in [-0.3, -0.25) is 0 Å². The Morgan fingerprint density at radius 3 is 1.78 bits per heavy atom. The highest BCUT2D eigenvalue weighted by Gasteiger charge is 2.19. The second-order valence-electron chi connectivity index (χ2n) is 4.07. The summed E-state index contributed by atoms with van der Waals surface area (Å²) in [6, 6.07) is 16.1. The number of benzene rings is 2. The lowest BCUT2D eigenvalue weighted by molar-refractivity contribution is 0.0172. The normalized spacial score (nSPS) is 13.9. The van der Waals surface area contributed by atoms with Crippen LogP contribution in [0.1, 0.15) is 23.3 Å². The van der Waals surface area contributed by atoms with Crippen molar-refractivity contribution in [1.82, 2.24) is 0 Å². The Hall–Kier alpha value is -1.84. The number of rotatable bonds is 4. The summed E-state index contributed by atoms with van der Waals surface area (Å²) in [5.41, 5.74) is 1.35. The van der Waals surface area contributed by atoms with E-state index in [9.17, 15) is 10.2 Å². The van der Waals surface area contributed by atoms with E-state index in [2.05, 4.69) is 0 Å². The largest absolute Gasteiger partial charge is 0.497 e. The molecular weight excluding hydrogens is 228 g/mol. The maximum atomic E-state index is 10.1. The first-order chi connectivity index (χ1) is 8.72. The van der Waals surface area contributed by atoms with E-state index < -0.39 is 12.2 Å². The molecule has 1 unspecified atom stereocenters. The van der Waals surface area contributed by atoms with Crippen LogP contribution >= 0.6 is 0 Å². The monoisotopic (exact) mass is 244 g/mol. The molecule has 2 atom stereocenters. The Morgan fingerprint density at radius 2 is 1.28 bits per heavy atom. The summed E-state index contributed by atoms with van der Waals surface area (Å²) in [5, 5.41) is 20.2. The zero-order chi connectivity index (χ0) is 13.0. The first-order valence-corrected chi connectivity index (χ1v) is 5.77. The first kappa shape index (κ1) is 12.6. The predicted molar refractivity (Wildman–Crippen MR) is 69.4 cm³/mol. The number of ether oxygens (including phenoxy) is 1. The van der Waals surface area contributed by atoms with Crippen LogP contribution in [0.4, 0.5) is 0 Å². The lowest BCUT2D eigenvalue weighted by Crippen LogP contribution is -2.10. The highest BCUT2D eigenvalue weighted by Crippen LogP contribution is 2.29. The average Bonchev–Trinajstić information content (AvgIpc) is 2.47. The third-order valence-corrected chi connectivity index (χ3v) is 2.90. The van der Waals surface area contributed by atoms with Crippen molar-refractivity contribution in [1.29, 1.82) is 0 Å². The Labute approximate surface area is 106 Å². The molecule has 2 N–H and O–H groups in total. The van der Waals surface area contributed by atoms with E-state index in [1.807, 2.05) is 18.2 Å². The molecule has 3 heteroatoms. The molecule has 0 saturated heterocycles. The Morgan fingerprint density at radius 1 is 0.778 bits per heavy atom. The van der Waals surface area contributed by atoms with Crippen molar-refractivity contribution < 1.29 is 14.9 Å². The van der Waals surface area contributed by atoms with E-state index in [0.29, 0.717) is 11.1 Å². The van der Waals surface area contributed by atoms with Gasteiger partial charge in [0.2, 0.25) is 0 Å². The Balaban J connectivity index is 2.17. The van der Waals surface area contributed by atoms with Gasteiger partial charge in [-0.15, -0.1) is 0 Å². The molecule has 2 aromatic carbocycles. The molecule has 0 spiro atoms. The SMILES string of the molecule is COc1ccc(C(O)[C@H](O)c2ccccc2)cc1. The Bertz CT molecular complexity index is 479. The topological polar surface area (TPSA) is 49.7 Å². The molecule has 0 amide bonds. The van der Waals surface area contributed by atoms with Gasteiger partial charge in [-0.1, -0.05) is 42.5 Å². The maximum Gasteiger partial charge on any atom is 0.118 e. The number of hydrogen-bond donors (Lipinski definition) is 2. The average molecular weight is 244 g/mol. The second-order valence-corrected chi connectivity index (χ2v) is 4.07. The fraction of sp³-hybridized carbons (Fsp3) is 0.200. The molecule has 0 aliphatic heterocycles. The van der Waals surface area contributed by atoms with E-state index in [1.165, 1.54) is 0 Å². The number of methoxy groups -OCH3 is 1. The molecule has 94 valence electrons. The number of aliphatic hydroxyl groups is 2. The van der Waals surface area contributed by atoms with E-state index in [0.717, 1.165) is 5.75 Å². The predicted octanol–water partition coefficient (Wildman–Crippen LogP) is 2.46. The van der Waals surface area contributed by atoms with Gasteiger partial charge < -0.3 is 14.9 Å². The fourth-order valence-electron chi connectivity index (χ4n) is 1.82. The van der Waals surface area contributed by atoms with Gasteiger partial charge in [0.05, 0.1) is 7.11 Å². The van der Waals surface area contributed by atoms with E-state index in [4.69, 9.17) is 4.74 Å². The van der Waals surface area contributed by atoms with Crippen LogP contribution in [-0.2, 0) is 0 Å². The van der Waals surface area contributed by atoms with Gasteiger partial charge in [-0.05, 0) is 23.3 Å². The van der Waals surface area contributed by atoms with Gasteiger partial charge >= 0.3 is 0 Å². The second kappa shape index (κ2) is 5.67. The summed E-state index contributed by atoms with van der Waals surface area (Å²) in [4.78, 5) is 0. The molecule has 2 rings (SSSR count). The number of aliphatic hydroxyl groups excluding tert-OH is 2. The molecule has 0 heterocycles. The van der Waals surface area contributed by atoms with Gasteiger partial charge in [0.1, 0.15) is 18.0 Å². The van der Waals surface area contributed by atoms with Crippen LogP contribution in [0.3, 0.4) is 0 Å². The van der Waals surface area contributed by atoms with Gasteiger partial charge in [0.25, 0.3) is 0 Å². The van der Waals surface area contributed by atoms with Crippen molar-refractivity contribution in [2.45, 2.75) is 12.2 Å². The van der Waals surface area contributed by atoms with Crippen LogP contribution in [0.25, 0.3) is 0 Å². The molecule has 0 saturated carbocycles. The molecule has 2 aromatic rings. The van der Waals surface area contributed by atoms with Crippen molar-refractivity contribution in [3.05, 3.63) is 65.7 Å². The minimum atomic E-state index is -0.946. The Kier molecular flexibility index (Phi) is 3.97. The summed E-state index contributed by atoms with van der Waals surface area (Å²) in [5.74, 6) is 0.722. The third kappa shape index (κ3) is 2.70. The summed E-state index contributed by atoms with van der Waals surface area (Å²) in [6.45, 7) is 0. The lowest BCUT2D eigenvalue weighted by Gasteiger charge is -2.18. The smallest absolute Gasteiger partial charge is 0.118 e. The van der Waals surface area contributed by atoms with Crippen LogP contribution in [0.2, 0.25) is 0 Å². The molecule has 3 nitrogen and oxygen atoms in total. The van der Waals surface area contributed by atoms with Crippen LogP contribution in [0, 0.1) is 0 Å². The van der Waals surface area contributed by atoms with E-state index in [-0.39, 0.29) is 0 Å². The molecule has 0 bridgehead atoms. The zero-order valence-corrected chi connectivity index (χ0v) is 10.2. The minimum Gasteiger partial charge on any atom is -0.497 e. The minimum absolute atomic E-state index is 0.659. The molecule has 18 heavy (non-hydrogen) atoms. The molecule has 0 aliphatic carbocycles. The van der Waals surface area contributed by atoms with Crippen LogP contribution in [-0.4, -0.2) is 17.3 Å². The molecule has 0 aliphatic rings. The molecular formula is C15H16O3. The lowest BCUT2D eigenvalue weighted by atomic mass is 9.98. The zero-order valence-electron chi connectivity index (χ0n) is 10.2. The van der Waals surface area contributed by atoms with Crippen molar-refractivity contribution in [3.8, 4) is 5.75 Å². The van der Waals surface area contributed by atoms with E-state index >= 15 is 0 Å². The van der Waals surface area contributed by atoms with Gasteiger partial charge in [-0.2, -0.15) is 0 Å². The van der Waals surface area contributed by atoms with Crippen LogP contribution in [0.15, 0.2) is 54.6 Å². The van der Waals surface area contributed by atoms with Crippen molar-refractivity contribution in [2.75, 3.05) is 7.11 Å². The highest BCUT2D eigenvalue weighted by molar-refractivity contribution is 5.30. The maximum absolute atomic E-state index is 10.1.